The number of nitrogens with one attached hydrogen (secondary N) is 2. The molecule has 0 unspecified atom stereocenters. The number of nitrogens with zero attached hydrogens (tertiary/aromatic N) is 5. The normalized spacial score (nSPS) is 9.54. The Morgan fingerprint density at radius 3 is 1.89 bits per heavy atom. The third-order valence-corrected chi connectivity index (χ3v) is 4.48. The third kappa shape index (κ3) is 6.24. The monoisotopic (exact) mass is 454 g/mol. The molecule has 4 aromatic rings. The molecule has 0 aromatic carbocycles. The summed E-state index contributed by atoms with van der Waals surface area (Å²) in [7, 11) is 4.34. The molecule has 1 radical (unpaired) electrons. The molecule has 10 heteroatoms. The van der Waals surface area contributed by atoms with E-state index in [1.165, 1.54) is 0 Å². The van der Waals surface area contributed by atoms with Gasteiger partial charge in [0.2, 0.25) is 0 Å². The molecule has 4 aromatic heterocycles. The molecule has 0 saturated carbocycles. The van der Waals surface area contributed by atoms with Gasteiger partial charge in [0, 0.05) is 47.3 Å². The van der Waals surface area contributed by atoms with Crippen LogP contribution in [-0.2, 0) is 0 Å². The predicted molar refractivity (Wildman–Crippen MR) is 118 cm³/mol. The summed E-state index contributed by atoms with van der Waals surface area (Å²) in [5.41, 5.74) is 6.16. The topological polar surface area (TPSA) is 95.5 Å². The second kappa shape index (κ2) is 11.3. The van der Waals surface area contributed by atoms with Crippen molar-refractivity contribution in [3.05, 3.63) is 71.0 Å². The average molecular weight is 455 g/mol. The van der Waals surface area contributed by atoms with Gasteiger partial charge in [-0.15, -0.1) is 0 Å². The van der Waals surface area contributed by atoms with E-state index in [4.69, 9.17) is 0 Å². The predicted octanol–water partition coefficient (Wildman–Crippen LogP) is 4.51. The van der Waals surface area contributed by atoms with Crippen LogP contribution in [0.25, 0.3) is 22.5 Å². The van der Waals surface area contributed by atoms with Crippen molar-refractivity contribution in [2.45, 2.75) is 13.8 Å². The fourth-order valence-electron chi connectivity index (χ4n) is 2.21. The Balaban J connectivity index is 0.000000176. The van der Waals surface area contributed by atoms with Crippen molar-refractivity contribution in [2.75, 3.05) is 0 Å². The number of hydrogen-bond donors (Lipinski definition) is 3. The molecule has 0 bridgehead atoms. The molecule has 2 N–H and O–H groups in total. The second-order valence-electron chi connectivity index (χ2n) is 5.53. The number of halogens is 1. The van der Waals surface area contributed by atoms with Crippen LogP contribution in [0.3, 0.4) is 0 Å². The molecule has 28 heavy (non-hydrogen) atoms. The SMILES string of the molecule is Cc1[nH]nc(-c2ccncc2)c1Br.Cc1cc(-c2ccncc2)n[nH]1.[B]=NS. The summed E-state index contributed by atoms with van der Waals surface area (Å²) in [6.07, 6.45) is 7.04. The molecule has 0 fully saturated rings. The van der Waals surface area contributed by atoms with E-state index < -0.39 is 0 Å². The molecule has 7 nitrogen and oxygen atoms in total. The van der Waals surface area contributed by atoms with Crippen molar-refractivity contribution in [3.8, 4) is 22.5 Å². The molecule has 4 rings (SSSR count). The Bertz CT molecular complexity index is 990. The summed E-state index contributed by atoms with van der Waals surface area (Å²) in [6.45, 7) is 3.96. The summed E-state index contributed by atoms with van der Waals surface area (Å²) < 4.78 is 3.71. The van der Waals surface area contributed by atoms with Gasteiger partial charge in [-0.3, -0.25) is 20.2 Å². The maximum absolute atomic E-state index is 4.34. The van der Waals surface area contributed by atoms with E-state index in [0.29, 0.717) is 0 Å². The fraction of sp³-hybridized carbons (Fsp3) is 0.111. The van der Waals surface area contributed by atoms with Crippen molar-refractivity contribution in [1.82, 2.24) is 30.4 Å². The number of H-pyrrole nitrogens is 2. The van der Waals surface area contributed by atoms with E-state index in [1.54, 1.807) is 24.8 Å². The van der Waals surface area contributed by atoms with Crippen LogP contribution in [0.4, 0.5) is 0 Å². The fourth-order valence-corrected chi connectivity index (χ4v) is 2.61. The Hall–Kier alpha value is -2.59. The number of aromatic nitrogens is 6. The Labute approximate surface area is 178 Å². The summed E-state index contributed by atoms with van der Waals surface area (Å²) >= 11 is 6.66. The molecule has 0 atom stereocenters. The minimum absolute atomic E-state index is 0.930. The first-order valence-electron chi connectivity index (χ1n) is 8.14. The number of thiol groups is 1. The van der Waals surface area contributed by atoms with Crippen molar-refractivity contribution >= 4 is 36.4 Å². The Morgan fingerprint density at radius 1 is 0.929 bits per heavy atom. The van der Waals surface area contributed by atoms with Crippen LogP contribution in [0.1, 0.15) is 11.4 Å². The zero-order chi connectivity index (χ0) is 20.4. The van der Waals surface area contributed by atoms with Crippen molar-refractivity contribution in [3.63, 3.8) is 0 Å². The van der Waals surface area contributed by atoms with Gasteiger partial charge in [-0.1, -0.05) is 0 Å². The Morgan fingerprint density at radius 2 is 1.46 bits per heavy atom. The van der Waals surface area contributed by atoms with Gasteiger partial charge in [-0.05, 0) is 60.1 Å². The van der Waals surface area contributed by atoms with Crippen LogP contribution in [-0.4, -0.2) is 38.0 Å². The average Bonchev–Trinajstić information content (AvgIpc) is 3.30. The molecule has 0 spiro atoms. The number of aryl methyl sites for hydroxylation is 2. The summed E-state index contributed by atoms with van der Waals surface area (Å²) in [5.74, 6) is 0. The van der Waals surface area contributed by atoms with E-state index in [9.17, 15) is 0 Å². The standard InChI is InChI=1S/C9H8BrN3.C9H9N3.BHNS/c1-6-8(10)9(13-12-6)7-2-4-11-5-3-7;1-7-6-9(12-11-7)8-2-4-10-5-3-8;1-2-3/h2-5H,1H3,(H,12,13);2-6H,1H3,(H,11,12);3H. The van der Waals surface area contributed by atoms with E-state index >= 15 is 0 Å². The maximum atomic E-state index is 4.34. The number of rotatable bonds is 2. The molecule has 0 aliphatic rings. The first kappa shape index (κ1) is 21.7. The van der Waals surface area contributed by atoms with Crippen LogP contribution in [0.15, 0.2) is 63.9 Å². The van der Waals surface area contributed by atoms with Crippen LogP contribution in [0.5, 0.6) is 0 Å². The molecule has 4 heterocycles. The number of hydrogen-bond acceptors (Lipinski definition) is 6. The van der Waals surface area contributed by atoms with Gasteiger partial charge >= 0.3 is 24.8 Å². The van der Waals surface area contributed by atoms with Gasteiger partial charge < -0.3 is 0 Å². The third-order valence-electron chi connectivity index (χ3n) is 3.51. The van der Waals surface area contributed by atoms with Gasteiger partial charge in [-0.2, -0.15) is 10.2 Å². The quantitative estimate of drug-likeness (QED) is 0.306. The van der Waals surface area contributed by atoms with Crippen LogP contribution < -0.4 is 0 Å². The molecular formula is C18H18BBrN7S. The van der Waals surface area contributed by atoms with Gasteiger partial charge in [0.15, 0.2) is 0 Å². The first-order valence-corrected chi connectivity index (χ1v) is 9.33. The van der Waals surface area contributed by atoms with Gasteiger partial charge in [0.25, 0.3) is 0 Å². The van der Waals surface area contributed by atoms with E-state index in [1.807, 2.05) is 44.2 Å². The van der Waals surface area contributed by atoms with Crippen LogP contribution >= 0.6 is 28.7 Å². The molecule has 0 aliphatic carbocycles. The zero-order valence-corrected chi connectivity index (χ0v) is 17.8. The number of pyridine rings is 2. The van der Waals surface area contributed by atoms with E-state index in [2.05, 4.69) is 71.0 Å². The summed E-state index contributed by atoms with van der Waals surface area (Å²) in [4.78, 5) is 7.89. The Kier molecular flexibility index (Phi) is 8.76. The van der Waals surface area contributed by atoms with Crippen molar-refractivity contribution in [2.24, 2.45) is 4.30 Å². The first-order chi connectivity index (χ1) is 13.6. The molecule has 0 saturated heterocycles. The van der Waals surface area contributed by atoms with Crippen molar-refractivity contribution in [1.29, 1.82) is 0 Å². The van der Waals surface area contributed by atoms with E-state index in [0.717, 1.165) is 38.4 Å². The van der Waals surface area contributed by atoms with E-state index in [-0.39, 0.29) is 0 Å². The van der Waals surface area contributed by atoms with Gasteiger partial charge in [0.1, 0.15) is 5.69 Å². The molecule has 141 valence electrons. The zero-order valence-electron chi connectivity index (χ0n) is 15.3. The molecular weight excluding hydrogens is 437 g/mol. The van der Waals surface area contributed by atoms with Crippen LogP contribution in [0, 0.1) is 13.8 Å². The minimum atomic E-state index is 0.930. The van der Waals surface area contributed by atoms with Gasteiger partial charge in [-0.25, -0.2) is 0 Å². The van der Waals surface area contributed by atoms with Gasteiger partial charge in [0.05, 0.1) is 10.2 Å². The molecule has 0 amide bonds. The molecule has 0 aliphatic heterocycles. The number of aromatic amines is 2. The second-order valence-corrected chi connectivity index (χ2v) is 6.56. The van der Waals surface area contributed by atoms with Crippen molar-refractivity contribution < 1.29 is 0 Å². The summed E-state index contributed by atoms with van der Waals surface area (Å²) in [5, 5.41) is 14.1. The summed E-state index contributed by atoms with van der Waals surface area (Å²) in [6, 6.07) is 9.75. The van der Waals surface area contributed by atoms with Crippen LogP contribution in [0.2, 0.25) is 0 Å².